The van der Waals surface area contributed by atoms with E-state index in [0.717, 1.165) is 58.9 Å². The second-order valence-corrected chi connectivity index (χ2v) is 12.8. The molecule has 48 heavy (non-hydrogen) atoms. The quantitative estimate of drug-likeness (QED) is 0.185. The summed E-state index contributed by atoms with van der Waals surface area (Å²) in [6.07, 6.45) is 5.11. The Balaban J connectivity index is 1.38. The fourth-order valence-electron chi connectivity index (χ4n) is 6.80. The Hall–Kier alpha value is -6.25. The zero-order valence-electron chi connectivity index (χ0n) is 25.3. The van der Waals surface area contributed by atoms with Crippen LogP contribution in [0.1, 0.15) is 22.2 Å². The van der Waals surface area contributed by atoms with Gasteiger partial charge in [-0.3, -0.25) is 4.98 Å². The Kier molecular flexibility index (Phi) is 5.82. The molecule has 1 unspecified atom stereocenters. The van der Waals surface area contributed by atoms with Crippen LogP contribution < -0.4 is 5.06 Å². The van der Waals surface area contributed by atoms with E-state index in [1.165, 1.54) is 0 Å². The van der Waals surface area contributed by atoms with Crippen molar-refractivity contribution in [2.24, 2.45) is 0 Å². The molecule has 10 rings (SSSR count). The van der Waals surface area contributed by atoms with Crippen molar-refractivity contribution in [3.05, 3.63) is 168 Å². The molecule has 8 heteroatoms. The fraction of sp³-hybridized carbons (Fsp3) is 0.0250. The van der Waals surface area contributed by atoms with E-state index in [2.05, 4.69) is 48.5 Å². The summed E-state index contributed by atoms with van der Waals surface area (Å²) in [6.45, 7) is 0. The molecule has 9 aromatic rings. The molecule has 0 fully saturated rings. The second kappa shape index (κ2) is 10.4. The van der Waals surface area contributed by atoms with Crippen molar-refractivity contribution >= 4 is 71.3 Å². The Labute approximate surface area is 278 Å². The molecule has 6 heterocycles. The zero-order valence-corrected chi connectivity index (χ0v) is 26.1. The van der Waals surface area contributed by atoms with E-state index in [4.69, 9.17) is 28.6 Å². The van der Waals surface area contributed by atoms with Crippen molar-refractivity contribution in [1.82, 2.24) is 15.0 Å². The number of anilines is 1. The van der Waals surface area contributed by atoms with Gasteiger partial charge in [0, 0.05) is 38.0 Å². The third-order valence-corrected chi connectivity index (χ3v) is 10.2. The third-order valence-electron chi connectivity index (χ3n) is 8.95. The summed E-state index contributed by atoms with van der Waals surface area (Å²) in [5.74, 6) is 1.43. The van der Waals surface area contributed by atoms with Crippen LogP contribution in [0.4, 0.5) is 5.88 Å². The van der Waals surface area contributed by atoms with Gasteiger partial charge in [0.25, 0.3) is 0 Å². The predicted molar refractivity (Wildman–Crippen MR) is 189 cm³/mol. The number of aromatic nitrogens is 3. The first-order valence-corrected chi connectivity index (χ1v) is 16.4. The van der Waals surface area contributed by atoms with Gasteiger partial charge in [0.05, 0.1) is 23.0 Å². The molecule has 1 aliphatic heterocycles. The van der Waals surface area contributed by atoms with Gasteiger partial charge in [0.2, 0.25) is 17.3 Å². The smallest absolute Gasteiger partial charge is 0.234 e. The molecule has 0 bridgehead atoms. The highest BCUT2D eigenvalue weighted by atomic mass is 32.1. The number of benzene rings is 4. The number of hydrogen-bond donors (Lipinski definition) is 0. The molecule has 0 N–H and O–H groups in total. The Bertz CT molecular complexity index is 2620. The topological polar surface area (TPSA) is 77.4 Å². The number of nitrogens with zero attached hydrogens (tertiary/aromatic N) is 4. The lowest BCUT2D eigenvalue weighted by molar-refractivity contribution is 0.188. The molecule has 0 saturated carbocycles. The first-order valence-electron chi connectivity index (χ1n) is 15.6. The van der Waals surface area contributed by atoms with Crippen LogP contribution in [0, 0.1) is 0 Å². The van der Waals surface area contributed by atoms with Crippen LogP contribution in [0.2, 0.25) is 0 Å². The molecule has 1 atom stereocenters. The van der Waals surface area contributed by atoms with Crippen molar-refractivity contribution in [3.63, 3.8) is 0 Å². The van der Waals surface area contributed by atoms with Crippen molar-refractivity contribution in [1.29, 1.82) is 0 Å². The minimum absolute atomic E-state index is 0.412. The lowest BCUT2D eigenvalue weighted by Crippen LogP contribution is -2.43. The van der Waals surface area contributed by atoms with Gasteiger partial charge in [-0.25, -0.2) is 9.97 Å². The minimum atomic E-state index is -1.28. The first-order chi connectivity index (χ1) is 23.8. The van der Waals surface area contributed by atoms with Crippen LogP contribution in [0.5, 0.6) is 0 Å². The van der Waals surface area contributed by atoms with Crippen LogP contribution in [0.3, 0.4) is 0 Å². The van der Waals surface area contributed by atoms with Gasteiger partial charge in [-0.05, 0) is 47.2 Å². The van der Waals surface area contributed by atoms with E-state index in [9.17, 15) is 0 Å². The standard InChI is InChI=1S/C40H24N4O3S/c1-5-13-29-25(9-1)19-20-41-37(29)36-38(31-18-17-26-10-2-6-14-30(26)43-31)47-44(35-24-27-11-3-7-15-32(27)46-35)40(36,39-42-21-22-45-39)34-23-28-12-4-8-16-33(28)48-34/h1-24H. The molecule has 0 amide bonds. The summed E-state index contributed by atoms with van der Waals surface area (Å²) in [4.78, 5) is 23.2. The van der Waals surface area contributed by atoms with E-state index in [0.29, 0.717) is 23.2 Å². The highest BCUT2D eigenvalue weighted by Gasteiger charge is 2.60. The summed E-state index contributed by atoms with van der Waals surface area (Å²) in [7, 11) is 0. The lowest BCUT2D eigenvalue weighted by atomic mass is 9.82. The van der Waals surface area contributed by atoms with E-state index in [1.54, 1.807) is 28.9 Å². The maximum atomic E-state index is 7.14. The highest BCUT2D eigenvalue weighted by molar-refractivity contribution is 7.19. The summed E-state index contributed by atoms with van der Waals surface area (Å²) in [5.41, 5.74) is 2.43. The molecule has 0 aliphatic carbocycles. The largest absolute Gasteiger partial charge is 0.446 e. The van der Waals surface area contributed by atoms with Crippen LogP contribution in [0.15, 0.2) is 155 Å². The zero-order chi connectivity index (χ0) is 31.7. The van der Waals surface area contributed by atoms with E-state index in [-0.39, 0.29) is 0 Å². The van der Waals surface area contributed by atoms with Gasteiger partial charge in [0.1, 0.15) is 17.5 Å². The van der Waals surface area contributed by atoms with Gasteiger partial charge in [-0.15, -0.1) is 16.4 Å². The summed E-state index contributed by atoms with van der Waals surface area (Å²) >= 11 is 1.65. The summed E-state index contributed by atoms with van der Waals surface area (Å²) in [5, 5.41) is 6.86. The maximum Gasteiger partial charge on any atom is 0.234 e. The molecule has 0 radical (unpaired) electrons. The van der Waals surface area contributed by atoms with Crippen LogP contribution in [-0.4, -0.2) is 15.0 Å². The first kappa shape index (κ1) is 26.9. The average molecular weight is 641 g/mol. The number of hydroxylamine groups is 1. The third kappa shape index (κ3) is 3.90. The molecule has 0 spiro atoms. The number of para-hydroxylation sites is 2. The second-order valence-electron chi connectivity index (χ2n) is 11.7. The predicted octanol–water partition coefficient (Wildman–Crippen LogP) is 10.00. The monoisotopic (exact) mass is 640 g/mol. The lowest BCUT2D eigenvalue weighted by Gasteiger charge is -2.34. The van der Waals surface area contributed by atoms with Crippen molar-refractivity contribution < 1.29 is 13.7 Å². The molecule has 5 aromatic heterocycles. The van der Waals surface area contributed by atoms with Crippen molar-refractivity contribution in [2.45, 2.75) is 5.54 Å². The number of hydrogen-bond acceptors (Lipinski definition) is 8. The molecular weight excluding hydrogens is 617 g/mol. The fourth-order valence-corrected chi connectivity index (χ4v) is 8.03. The number of thiophene rings is 1. The molecule has 7 nitrogen and oxygen atoms in total. The Morgan fingerprint density at radius 3 is 2.31 bits per heavy atom. The molecule has 4 aromatic carbocycles. The van der Waals surface area contributed by atoms with E-state index in [1.807, 2.05) is 85.1 Å². The van der Waals surface area contributed by atoms with E-state index < -0.39 is 5.54 Å². The highest BCUT2D eigenvalue weighted by Crippen LogP contribution is 2.59. The molecule has 0 saturated heterocycles. The van der Waals surface area contributed by atoms with Gasteiger partial charge in [0.15, 0.2) is 5.76 Å². The number of pyridine rings is 2. The van der Waals surface area contributed by atoms with Gasteiger partial charge in [-0.2, -0.15) is 0 Å². The number of rotatable bonds is 5. The average Bonchev–Trinajstić information content (AvgIpc) is 3.95. The normalized spacial score (nSPS) is 16.5. The Morgan fingerprint density at radius 1 is 0.667 bits per heavy atom. The van der Waals surface area contributed by atoms with Gasteiger partial charge in [-0.1, -0.05) is 84.9 Å². The summed E-state index contributed by atoms with van der Waals surface area (Å²) < 4.78 is 14.1. The number of fused-ring (bicyclic) bond motifs is 4. The minimum Gasteiger partial charge on any atom is -0.446 e. The SMILES string of the molecule is c1ccc2nc(C3=C(c4nccc5ccccc45)C(c4ncco4)(c4cc5ccccc5s4)N(c4cc5ccccc5o4)O3)ccc2c1. The molecule has 1 aliphatic rings. The Morgan fingerprint density at radius 2 is 1.46 bits per heavy atom. The van der Waals surface area contributed by atoms with Gasteiger partial charge < -0.3 is 13.7 Å². The van der Waals surface area contributed by atoms with Gasteiger partial charge >= 0.3 is 0 Å². The molecular formula is C40H24N4O3S. The van der Waals surface area contributed by atoms with Crippen LogP contribution in [-0.2, 0) is 10.4 Å². The number of oxazole rings is 1. The van der Waals surface area contributed by atoms with E-state index >= 15 is 0 Å². The summed E-state index contributed by atoms with van der Waals surface area (Å²) in [6, 6.07) is 42.8. The maximum absolute atomic E-state index is 7.14. The van der Waals surface area contributed by atoms with Crippen LogP contribution in [0.25, 0.3) is 54.1 Å². The van der Waals surface area contributed by atoms with Crippen molar-refractivity contribution in [2.75, 3.05) is 5.06 Å². The molecule has 228 valence electrons. The van der Waals surface area contributed by atoms with Crippen LogP contribution >= 0.6 is 11.3 Å². The number of furan rings is 1. The van der Waals surface area contributed by atoms with Crippen molar-refractivity contribution in [3.8, 4) is 0 Å².